The third-order valence-electron chi connectivity index (χ3n) is 1.53. The molecule has 0 saturated heterocycles. The maximum absolute atomic E-state index is 13.1. The molecule has 0 spiro atoms. The summed E-state index contributed by atoms with van der Waals surface area (Å²) >= 11 is 8.81. The van der Waals surface area contributed by atoms with Crippen LogP contribution in [0.25, 0.3) is 0 Å². The van der Waals surface area contributed by atoms with Gasteiger partial charge < -0.3 is 0 Å². The van der Waals surface area contributed by atoms with Gasteiger partial charge in [-0.05, 0) is 40.5 Å². The molecule has 0 bridgehead atoms. The van der Waals surface area contributed by atoms with Crippen molar-refractivity contribution >= 4 is 33.3 Å². The fourth-order valence-electron chi connectivity index (χ4n) is 0.967. The van der Waals surface area contributed by atoms with Crippen LogP contribution in [0, 0.1) is 5.82 Å². The molecule has 0 aliphatic rings. The molecule has 0 N–H and O–H groups in total. The second-order valence-electron chi connectivity index (χ2n) is 2.74. The van der Waals surface area contributed by atoms with E-state index >= 15 is 0 Å². The Balaban J connectivity index is 3.08. The van der Waals surface area contributed by atoms with Crippen LogP contribution in [-0.2, 0) is 11.2 Å². The molecule has 1 aromatic carbocycles. The lowest BCUT2D eigenvalue weighted by atomic mass is 10.1. The summed E-state index contributed by atoms with van der Waals surface area (Å²) in [6.45, 7) is 1.42. The Hall–Kier alpha value is -0.410. The molecule has 0 aliphatic carbocycles. The molecule has 0 amide bonds. The van der Waals surface area contributed by atoms with Gasteiger partial charge in [-0.15, -0.1) is 0 Å². The smallest absolute Gasteiger partial charge is 0.134 e. The van der Waals surface area contributed by atoms with Crippen molar-refractivity contribution in [1.82, 2.24) is 0 Å². The molecule has 0 unspecified atom stereocenters. The maximum Gasteiger partial charge on any atom is 0.134 e. The molecule has 0 radical (unpaired) electrons. The van der Waals surface area contributed by atoms with E-state index in [-0.39, 0.29) is 12.2 Å². The number of hydrogen-bond acceptors (Lipinski definition) is 1. The fourth-order valence-corrected chi connectivity index (χ4v) is 1.51. The molecule has 0 aliphatic heterocycles. The zero-order valence-corrected chi connectivity index (χ0v) is 9.25. The standard InChI is InChI=1S/C9H7BrClFO/c1-5(13)2-6-3-7(10)8(11)4-9(6)12/h3-4H,2H2,1H3. The van der Waals surface area contributed by atoms with Gasteiger partial charge in [-0.1, -0.05) is 11.6 Å². The zero-order valence-electron chi connectivity index (χ0n) is 6.90. The van der Waals surface area contributed by atoms with Gasteiger partial charge in [-0.25, -0.2) is 4.39 Å². The van der Waals surface area contributed by atoms with Gasteiger partial charge in [0, 0.05) is 10.9 Å². The zero-order chi connectivity index (χ0) is 10.0. The highest BCUT2D eigenvalue weighted by molar-refractivity contribution is 9.10. The molecule has 0 aromatic heterocycles. The van der Waals surface area contributed by atoms with Crippen LogP contribution < -0.4 is 0 Å². The average molecular weight is 266 g/mol. The van der Waals surface area contributed by atoms with Crippen LogP contribution in [0.4, 0.5) is 4.39 Å². The summed E-state index contributed by atoms with van der Waals surface area (Å²) in [5.41, 5.74) is 0.365. The highest BCUT2D eigenvalue weighted by atomic mass is 79.9. The van der Waals surface area contributed by atoms with E-state index in [1.807, 2.05) is 0 Å². The van der Waals surface area contributed by atoms with Crippen molar-refractivity contribution in [3.63, 3.8) is 0 Å². The van der Waals surface area contributed by atoms with Crippen LogP contribution in [0.2, 0.25) is 5.02 Å². The highest BCUT2D eigenvalue weighted by Crippen LogP contribution is 2.25. The molecule has 13 heavy (non-hydrogen) atoms. The SMILES string of the molecule is CC(=O)Cc1cc(Br)c(Cl)cc1F. The first kappa shape index (κ1) is 10.7. The number of carbonyl (C=O) groups is 1. The van der Waals surface area contributed by atoms with Crippen molar-refractivity contribution in [2.45, 2.75) is 13.3 Å². The lowest BCUT2D eigenvalue weighted by Gasteiger charge is -2.02. The number of halogens is 3. The first-order valence-electron chi connectivity index (χ1n) is 3.63. The van der Waals surface area contributed by atoms with Gasteiger partial charge >= 0.3 is 0 Å². The Bertz CT molecular complexity index is 352. The highest BCUT2D eigenvalue weighted by Gasteiger charge is 2.08. The number of hydrogen-bond donors (Lipinski definition) is 0. The van der Waals surface area contributed by atoms with Gasteiger partial charge in [0.25, 0.3) is 0 Å². The number of carbonyl (C=O) groups excluding carboxylic acids is 1. The van der Waals surface area contributed by atoms with E-state index < -0.39 is 5.82 Å². The minimum absolute atomic E-state index is 0.0758. The summed E-state index contributed by atoms with van der Waals surface area (Å²) in [5.74, 6) is -0.517. The summed E-state index contributed by atoms with van der Waals surface area (Å²) in [5, 5.41) is 0.310. The third-order valence-corrected chi connectivity index (χ3v) is 2.73. The molecule has 0 atom stereocenters. The van der Waals surface area contributed by atoms with E-state index in [9.17, 15) is 9.18 Å². The molecule has 0 fully saturated rings. The number of rotatable bonds is 2. The van der Waals surface area contributed by atoms with Gasteiger partial charge in [0.05, 0.1) is 5.02 Å². The van der Waals surface area contributed by atoms with E-state index in [0.29, 0.717) is 15.1 Å². The van der Waals surface area contributed by atoms with Gasteiger partial charge in [-0.3, -0.25) is 4.79 Å². The van der Waals surface area contributed by atoms with Crippen LogP contribution in [0.1, 0.15) is 12.5 Å². The van der Waals surface area contributed by atoms with Crippen LogP contribution in [0.3, 0.4) is 0 Å². The minimum Gasteiger partial charge on any atom is -0.300 e. The summed E-state index contributed by atoms with van der Waals surface area (Å²) in [6, 6.07) is 2.73. The number of benzene rings is 1. The van der Waals surface area contributed by atoms with Gasteiger partial charge in [0.2, 0.25) is 0 Å². The summed E-state index contributed by atoms with van der Waals surface area (Å²) in [6.07, 6.45) is 0.0988. The van der Waals surface area contributed by atoms with E-state index in [2.05, 4.69) is 15.9 Å². The van der Waals surface area contributed by atoms with Crippen LogP contribution in [0.15, 0.2) is 16.6 Å². The molecule has 4 heteroatoms. The van der Waals surface area contributed by atoms with Crippen molar-refractivity contribution in [3.05, 3.63) is 33.0 Å². The molecule has 1 aromatic rings. The quantitative estimate of drug-likeness (QED) is 0.749. The Morgan fingerprint density at radius 3 is 2.77 bits per heavy atom. The van der Waals surface area contributed by atoms with E-state index in [1.165, 1.54) is 19.1 Å². The average Bonchev–Trinajstić information content (AvgIpc) is 1.99. The van der Waals surface area contributed by atoms with Crippen LogP contribution in [-0.4, -0.2) is 5.78 Å². The lowest BCUT2D eigenvalue weighted by molar-refractivity contribution is -0.116. The summed E-state index contributed by atoms with van der Waals surface area (Å²) in [7, 11) is 0. The third kappa shape index (κ3) is 2.78. The van der Waals surface area contributed by atoms with Crippen molar-refractivity contribution in [2.75, 3.05) is 0 Å². The van der Waals surface area contributed by atoms with Gasteiger partial charge in [0.15, 0.2) is 0 Å². The van der Waals surface area contributed by atoms with E-state index in [4.69, 9.17) is 11.6 Å². The van der Waals surface area contributed by atoms with Crippen molar-refractivity contribution in [3.8, 4) is 0 Å². The molecule has 0 saturated carbocycles. The van der Waals surface area contributed by atoms with Crippen molar-refractivity contribution < 1.29 is 9.18 Å². The summed E-state index contributed by atoms with van der Waals surface area (Å²) in [4.78, 5) is 10.7. The monoisotopic (exact) mass is 264 g/mol. The molecule has 1 rings (SSSR count). The van der Waals surface area contributed by atoms with Gasteiger partial charge in [-0.2, -0.15) is 0 Å². The molecule has 70 valence electrons. The molecular formula is C9H7BrClFO. The Labute approximate surface area is 89.0 Å². The van der Waals surface area contributed by atoms with Gasteiger partial charge in [0.1, 0.15) is 11.6 Å². The second kappa shape index (κ2) is 4.20. The Morgan fingerprint density at radius 2 is 2.23 bits per heavy atom. The minimum atomic E-state index is -0.441. The second-order valence-corrected chi connectivity index (χ2v) is 4.00. The predicted octanol–water partition coefficient (Wildman–Crippen LogP) is 3.37. The van der Waals surface area contributed by atoms with Crippen molar-refractivity contribution in [2.24, 2.45) is 0 Å². The predicted molar refractivity (Wildman–Crippen MR) is 53.5 cm³/mol. The van der Waals surface area contributed by atoms with E-state index in [0.717, 1.165) is 0 Å². The number of ketones is 1. The Morgan fingerprint density at radius 1 is 1.62 bits per heavy atom. The maximum atomic E-state index is 13.1. The first-order chi connectivity index (χ1) is 6.00. The lowest BCUT2D eigenvalue weighted by Crippen LogP contribution is -1.99. The molecule has 1 nitrogen and oxygen atoms in total. The topological polar surface area (TPSA) is 17.1 Å². The Kier molecular flexibility index (Phi) is 3.45. The molecule has 0 heterocycles. The van der Waals surface area contributed by atoms with Crippen LogP contribution in [0.5, 0.6) is 0 Å². The summed E-state index contributed by atoms with van der Waals surface area (Å²) < 4.78 is 13.7. The van der Waals surface area contributed by atoms with Crippen molar-refractivity contribution in [1.29, 1.82) is 0 Å². The van der Waals surface area contributed by atoms with E-state index in [1.54, 1.807) is 0 Å². The fraction of sp³-hybridized carbons (Fsp3) is 0.222. The van der Waals surface area contributed by atoms with Crippen LogP contribution >= 0.6 is 27.5 Å². The normalized spacial score (nSPS) is 10.2. The number of Topliss-reactive ketones (excluding diaryl/α,β-unsaturated/α-hetero) is 1. The molecular weight excluding hydrogens is 258 g/mol. The first-order valence-corrected chi connectivity index (χ1v) is 4.80. The largest absolute Gasteiger partial charge is 0.300 e.